The maximum atomic E-state index is 14.2. The van der Waals surface area contributed by atoms with E-state index in [4.69, 9.17) is 0 Å². The van der Waals surface area contributed by atoms with E-state index < -0.39 is 0 Å². The van der Waals surface area contributed by atoms with Crippen molar-refractivity contribution in [1.82, 2.24) is 14.8 Å². The van der Waals surface area contributed by atoms with E-state index in [1.807, 2.05) is 30.3 Å². The highest BCUT2D eigenvalue weighted by atomic mass is 16.2. The van der Waals surface area contributed by atoms with Gasteiger partial charge in [0.25, 0.3) is 5.91 Å². The van der Waals surface area contributed by atoms with Gasteiger partial charge in [0.15, 0.2) is 0 Å². The van der Waals surface area contributed by atoms with Crippen LogP contribution in [0.2, 0.25) is 0 Å². The van der Waals surface area contributed by atoms with Gasteiger partial charge in [-0.2, -0.15) is 0 Å². The number of nitrogens with zero attached hydrogens (tertiary/aromatic N) is 2. The third-order valence-corrected chi connectivity index (χ3v) is 7.54. The van der Waals surface area contributed by atoms with E-state index in [9.17, 15) is 4.79 Å². The second kappa shape index (κ2) is 11.4. The largest absolute Gasteiger partial charge is 0.345 e. The first-order valence-electron chi connectivity index (χ1n) is 13.8. The van der Waals surface area contributed by atoms with Crippen LogP contribution in [-0.4, -0.2) is 35.0 Å². The predicted molar refractivity (Wildman–Crippen MR) is 156 cm³/mol. The first-order chi connectivity index (χ1) is 18.4. The first kappa shape index (κ1) is 26.0. The molecule has 1 aromatic heterocycles. The molecule has 0 saturated carbocycles. The van der Waals surface area contributed by atoms with Crippen LogP contribution in [0.25, 0.3) is 11.1 Å². The highest BCUT2D eigenvalue weighted by Gasteiger charge is 2.38. The summed E-state index contributed by atoms with van der Waals surface area (Å²) in [5.41, 5.74) is 5.36. The normalized spacial score (nSPS) is 16.3. The Balaban J connectivity index is 1.64. The highest BCUT2D eigenvalue weighted by Crippen LogP contribution is 2.42. The van der Waals surface area contributed by atoms with Crippen molar-refractivity contribution in [1.29, 1.82) is 0 Å². The molecule has 0 bridgehead atoms. The zero-order valence-corrected chi connectivity index (χ0v) is 22.8. The Hall–Kier alpha value is -3.63. The standard InChI is InChI=1S/C34H39N3O/c1-34(2,3)32(37(24-27-19-20-35-22-27)33(38)29-17-11-6-12-18-29)31-21-30(28-15-9-5-10-16-28)25-36(31)23-26-13-7-4-8-14-26/h4-18,21,25,27,32,35H,19-20,22-24H2,1-3H3/t27?,32-/m0/s1. The smallest absolute Gasteiger partial charge is 0.254 e. The molecule has 1 aliphatic rings. The second-order valence-corrected chi connectivity index (χ2v) is 11.6. The molecule has 38 heavy (non-hydrogen) atoms. The average Bonchev–Trinajstić information content (AvgIpc) is 3.59. The number of amides is 1. The number of hydrogen-bond acceptors (Lipinski definition) is 2. The van der Waals surface area contributed by atoms with Crippen LogP contribution in [0.1, 0.15) is 54.8 Å². The van der Waals surface area contributed by atoms with E-state index in [0.717, 1.165) is 38.2 Å². The van der Waals surface area contributed by atoms with Crippen LogP contribution in [0, 0.1) is 11.3 Å². The first-order valence-corrected chi connectivity index (χ1v) is 13.8. The van der Waals surface area contributed by atoms with E-state index in [1.54, 1.807) is 0 Å². The highest BCUT2D eigenvalue weighted by molar-refractivity contribution is 5.94. The van der Waals surface area contributed by atoms with Gasteiger partial charge in [0.2, 0.25) is 0 Å². The second-order valence-electron chi connectivity index (χ2n) is 11.6. The summed E-state index contributed by atoms with van der Waals surface area (Å²) in [6.45, 7) is 10.2. The predicted octanol–water partition coefficient (Wildman–Crippen LogP) is 7.04. The molecule has 2 atom stereocenters. The van der Waals surface area contributed by atoms with Gasteiger partial charge in [0, 0.05) is 30.5 Å². The molecule has 1 saturated heterocycles. The zero-order valence-electron chi connectivity index (χ0n) is 22.8. The number of benzene rings is 3. The molecule has 4 aromatic rings. The molecule has 0 aliphatic carbocycles. The van der Waals surface area contributed by atoms with Crippen molar-refractivity contribution in [3.63, 3.8) is 0 Å². The SMILES string of the molecule is CC(C)(C)[C@H](c1cc(-c2ccccc2)cn1Cc1ccccc1)N(CC1CCNC1)C(=O)c1ccccc1. The van der Waals surface area contributed by atoms with Crippen LogP contribution in [-0.2, 0) is 6.54 Å². The van der Waals surface area contributed by atoms with Gasteiger partial charge in [-0.05, 0) is 65.7 Å². The van der Waals surface area contributed by atoms with E-state index >= 15 is 0 Å². The fourth-order valence-electron chi connectivity index (χ4n) is 5.73. The summed E-state index contributed by atoms with van der Waals surface area (Å²) in [6.07, 6.45) is 3.36. The lowest BCUT2D eigenvalue weighted by molar-refractivity contribution is 0.0448. The molecular formula is C34H39N3O. The maximum Gasteiger partial charge on any atom is 0.254 e. The van der Waals surface area contributed by atoms with Gasteiger partial charge >= 0.3 is 0 Å². The minimum absolute atomic E-state index is 0.100. The molecular weight excluding hydrogens is 466 g/mol. The van der Waals surface area contributed by atoms with Crippen molar-refractivity contribution >= 4 is 5.91 Å². The van der Waals surface area contributed by atoms with Gasteiger partial charge in [0.1, 0.15) is 0 Å². The van der Waals surface area contributed by atoms with E-state index in [1.165, 1.54) is 22.4 Å². The number of carbonyl (C=O) groups is 1. The van der Waals surface area contributed by atoms with Crippen LogP contribution in [0.4, 0.5) is 0 Å². The zero-order chi connectivity index (χ0) is 26.5. The van der Waals surface area contributed by atoms with Gasteiger partial charge in [-0.1, -0.05) is 99.6 Å². The molecule has 1 N–H and O–H groups in total. The maximum absolute atomic E-state index is 14.2. The monoisotopic (exact) mass is 505 g/mol. The summed E-state index contributed by atoms with van der Waals surface area (Å²) < 4.78 is 2.37. The van der Waals surface area contributed by atoms with Gasteiger partial charge in [-0.25, -0.2) is 0 Å². The van der Waals surface area contributed by atoms with Crippen molar-refractivity contribution in [2.75, 3.05) is 19.6 Å². The van der Waals surface area contributed by atoms with Gasteiger partial charge in [-0.3, -0.25) is 4.79 Å². The Morgan fingerprint density at radius 2 is 1.55 bits per heavy atom. The van der Waals surface area contributed by atoms with Crippen molar-refractivity contribution in [3.05, 3.63) is 120 Å². The Kier molecular flexibility index (Phi) is 7.80. The van der Waals surface area contributed by atoms with Crippen LogP contribution < -0.4 is 5.32 Å². The number of hydrogen-bond donors (Lipinski definition) is 1. The Morgan fingerprint density at radius 3 is 2.16 bits per heavy atom. The number of carbonyl (C=O) groups excluding carboxylic acids is 1. The van der Waals surface area contributed by atoms with E-state index in [0.29, 0.717) is 5.92 Å². The molecule has 1 fully saturated rings. The molecule has 4 heteroatoms. The number of nitrogens with one attached hydrogen (secondary N) is 1. The minimum atomic E-state index is -0.183. The van der Waals surface area contributed by atoms with Crippen LogP contribution in [0.5, 0.6) is 0 Å². The van der Waals surface area contributed by atoms with Gasteiger partial charge in [-0.15, -0.1) is 0 Å². The third-order valence-electron chi connectivity index (χ3n) is 7.54. The molecule has 196 valence electrons. The molecule has 4 nitrogen and oxygen atoms in total. The van der Waals surface area contributed by atoms with Crippen LogP contribution in [0.3, 0.4) is 0 Å². The third kappa shape index (κ3) is 5.92. The summed E-state index contributed by atoms with van der Waals surface area (Å²) in [5.74, 6) is 0.546. The number of aromatic nitrogens is 1. The molecule has 1 unspecified atom stereocenters. The summed E-state index contributed by atoms with van der Waals surface area (Å²) in [7, 11) is 0. The fraction of sp³-hybridized carbons (Fsp3) is 0.324. The Labute approximate surface area is 227 Å². The van der Waals surface area contributed by atoms with Crippen molar-refractivity contribution in [3.8, 4) is 11.1 Å². The number of rotatable bonds is 8. The van der Waals surface area contributed by atoms with Crippen molar-refractivity contribution < 1.29 is 4.79 Å². The molecule has 0 spiro atoms. The molecule has 2 heterocycles. The van der Waals surface area contributed by atoms with Crippen LogP contribution in [0.15, 0.2) is 103 Å². The van der Waals surface area contributed by atoms with Gasteiger partial charge in [0.05, 0.1) is 6.04 Å². The lowest BCUT2D eigenvalue weighted by Gasteiger charge is -2.42. The Bertz CT molecular complexity index is 1320. The van der Waals surface area contributed by atoms with Crippen molar-refractivity contribution in [2.24, 2.45) is 11.3 Å². The minimum Gasteiger partial charge on any atom is -0.345 e. The van der Waals surface area contributed by atoms with E-state index in [2.05, 4.69) is 108 Å². The van der Waals surface area contributed by atoms with Crippen LogP contribution >= 0.6 is 0 Å². The topological polar surface area (TPSA) is 37.3 Å². The molecule has 5 rings (SSSR count). The summed E-state index contributed by atoms with van der Waals surface area (Å²) in [6, 6.07) is 33.1. The molecule has 0 radical (unpaired) electrons. The average molecular weight is 506 g/mol. The molecule has 1 aliphatic heterocycles. The lowest BCUT2D eigenvalue weighted by Crippen LogP contribution is -2.44. The fourth-order valence-corrected chi connectivity index (χ4v) is 5.73. The quantitative estimate of drug-likeness (QED) is 0.279. The lowest BCUT2D eigenvalue weighted by atomic mass is 9.82. The Morgan fingerprint density at radius 1 is 0.921 bits per heavy atom. The van der Waals surface area contributed by atoms with Crippen molar-refractivity contribution in [2.45, 2.75) is 39.8 Å². The summed E-state index contributed by atoms with van der Waals surface area (Å²) in [4.78, 5) is 16.4. The molecule has 1 amide bonds. The van der Waals surface area contributed by atoms with E-state index in [-0.39, 0.29) is 17.4 Å². The summed E-state index contributed by atoms with van der Waals surface area (Å²) >= 11 is 0. The summed E-state index contributed by atoms with van der Waals surface area (Å²) in [5, 5.41) is 3.50. The molecule has 3 aromatic carbocycles. The van der Waals surface area contributed by atoms with Gasteiger partial charge < -0.3 is 14.8 Å².